The van der Waals surface area contributed by atoms with Crippen molar-refractivity contribution in [3.63, 3.8) is 0 Å². The Kier molecular flexibility index (Phi) is 3.34. The van der Waals surface area contributed by atoms with Crippen LogP contribution in [0.15, 0.2) is 18.3 Å². The molecule has 1 N–H and O–H groups in total. The molecule has 90 valence electrons. The second-order valence-electron chi connectivity index (χ2n) is 3.63. The molecule has 0 saturated carbocycles. The molecule has 1 aromatic rings. The van der Waals surface area contributed by atoms with Gasteiger partial charge in [0.05, 0.1) is 6.54 Å². The number of rotatable bonds is 3. The van der Waals surface area contributed by atoms with Crippen LogP contribution < -0.4 is 5.32 Å². The number of hydrogen-bond donors (Lipinski definition) is 1. The van der Waals surface area contributed by atoms with E-state index in [9.17, 15) is 9.59 Å². The summed E-state index contributed by atoms with van der Waals surface area (Å²) in [5.74, 6) is 0.0407. The number of anilines is 1. The maximum Gasteiger partial charge on any atom is 0.255 e. The van der Waals surface area contributed by atoms with Crippen LogP contribution in [0.1, 0.15) is 5.56 Å². The zero-order valence-corrected chi connectivity index (χ0v) is 9.47. The van der Waals surface area contributed by atoms with Gasteiger partial charge in [0, 0.05) is 18.8 Å². The van der Waals surface area contributed by atoms with Gasteiger partial charge >= 0.3 is 0 Å². The van der Waals surface area contributed by atoms with Crippen molar-refractivity contribution < 1.29 is 14.3 Å². The number of nitrogens with zero attached hydrogens (tertiary/aromatic N) is 2. The van der Waals surface area contributed by atoms with Crippen molar-refractivity contribution >= 4 is 17.6 Å². The fourth-order valence-corrected chi connectivity index (χ4v) is 1.66. The molecule has 0 radical (unpaired) electrons. The highest BCUT2D eigenvalue weighted by molar-refractivity contribution is 5.98. The monoisotopic (exact) mass is 235 g/mol. The lowest BCUT2D eigenvalue weighted by atomic mass is 10.2. The molecule has 2 amide bonds. The number of pyridine rings is 1. The molecule has 1 fully saturated rings. The van der Waals surface area contributed by atoms with E-state index in [-0.39, 0.29) is 31.6 Å². The van der Waals surface area contributed by atoms with Gasteiger partial charge < -0.3 is 10.1 Å². The van der Waals surface area contributed by atoms with Gasteiger partial charge in [-0.15, -0.1) is 0 Å². The Morgan fingerprint density at radius 1 is 1.41 bits per heavy atom. The Labute approximate surface area is 98.6 Å². The summed E-state index contributed by atoms with van der Waals surface area (Å²) >= 11 is 0. The quantitative estimate of drug-likeness (QED) is 0.747. The number of hydrogen-bond acceptors (Lipinski definition) is 5. The van der Waals surface area contributed by atoms with E-state index in [0.717, 1.165) is 5.56 Å². The van der Waals surface area contributed by atoms with Crippen molar-refractivity contribution in [3.8, 4) is 0 Å². The molecule has 0 bridgehead atoms. The van der Waals surface area contributed by atoms with Gasteiger partial charge in [-0.3, -0.25) is 14.5 Å². The summed E-state index contributed by atoms with van der Waals surface area (Å²) < 4.78 is 4.85. The van der Waals surface area contributed by atoms with Gasteiger partial charge in [-0.05, 0) is 6.07 Å². The van der Waals surface area contributed by atoms with Crippen LogP contribution in [0.3, 0.4) is 0 Å². The molecule has 17 heavy (non-hydrogen) atoms. The Balaban J connectivity index is 2.19. The van der Waals surface area contributed by atoms with Crippen LogP contribution in [-0.2, 0) is 20.9 Å². The molecule has 0 atom stereocenters. The molecular weight excluding hydrogens is 222 g/mol. The molecule has 6 heteroatoms. The molecule has 6 nitrogen and oxygen atoms in total. The normalized spacial score (nSPS) is 16.2. The van der Waals surface area contributed by atoms with E-state index in [1.165, 1.54) is 4.90 Å². The first kappa shape index (κ1) is 11.5. The minimum atomic E-state index is -0.313. The lowest BCUT2D eigenvalue weighted by Crippen LogP contribution is -2.45. The van der Waals surface area contributed by atoms with E-state index in [4.69, 9.17) is 4.74 Å². The largest absolute Gasteiger partial charge is 0.373 e. The smallest absolute Gasteiger partial charge is 0.255 e. The molecule has 0 spiro atoms. The van der Waals surface area contributed by atoms with Crippen LogP contribution in [0.4, 0.5) is 5.82 Å². The minimum Gasteiger partial charge on any atom is -0.373 e. The molecule has 1 aliphatic heterocycles. The predicted octanol–water partition coefficient (Wildman–Crippen LogP) is 0.00870. The van der Waals surface area contributed by atoms with Crippen molar-refractivity contribution in [2.45, 2.75) is 6.54 Å². The van der Waals surface area contributed by atoms with E-state index < -0.39 is 0 Å². The van der Waals surface area contributed by atoms with Gasteiger partial charge in [-0.2, -0.15) is 0 Å². The third-order valence-electron chi connectivity index (χ3n) is 2.51. The van der Waals surface area contributed by atoms with Crippen molar-refractivity contribution in [1.82, 2.24) is 9.88 Å². The van der Waals surface area contributed by atoms with Crippen molar-refractivity contribution in [3.05, 3.63) is 23.9 Å². The van der Waals surface area contributed by atoms with Gasteiger partial charge in [-0.25, -0.2) is 4.98 Å². The summed E-state index contributed by atoms with van der Waals surface area (Å²) in [4.78, 5) is 28.4. The first-order valence-electron chi connectivity index (χ1n) is 5.25. The molecule has 0 aromatic carbocycles. The summed E-state index contributed by atoms with van der Waals surface area (Å²) in [5.41, 5.74) is 0.804. The van der Waals surface area contributed by atoms with Crippen LogP contribution in [0.2, 0.25) is 0 Å². The Bertz CT molecular complexity index is 431. The van der Waals surface area contributed by atoms with Crippen LogP contribution >= 0.6 is 0 Å². The highest BCUT2D eigenvalue weighted by Crippen LogP contribution is 2.15. The topological polar surface area (TPSA) is 71.5 Å². The molecule has 1 aromatic heterocycles. The molecule has 0 unspecified atom stereocenters. The molecule has 2 heterocycles. The maximum atomic E-state index is 11.5. The van der Waals surface area contributed by atoms with E-state index in [1.807, 2.05) is 6.07 Å². The Hall–Kier alpha value is -1.95. The second kappa shape index (κ2) is 4.92. The van der Waals surface area contributed by atoms with Crippen LogP contribution in [0, 0.1) is 0 Å². The standard InChI is InChI=1S/C11H13N3O3/c1-12-11-8(3-2-4-13-11)5-14-9(15)6-17-7-10(14)16/h2-4H,5-7H2,1H3,(H,12,13). The molecule has 1 saturated heterocycles. The second-order valence-corrected chi connectivity index (χ2v) is 3.63. The summed E-state index contributed by atoms with van der Waals surface area (Å²) in [6, 6.07) is 3.60. The summed E-state index contributed by atoms with van der Waals surface area (Å²) in [6.07, 6.45) is 1.65. The lowest BCUT2D eigenvalue weighted by Gasteiger charge is -2.25. The number of morpholine rings is 1. The van der Waals surface area contributed by atoms with Crippen LogP contribution in [-0.4, -0.2) is 42.0 Å². The number of carbonyl (C=O) groups excluding carboxylic acids is 2. The highest BCUT2D eigenvalue weighted by Gasteiger charge is 2.27. The SMILES string of the molecule is CNc1ncccc1CN1C(=O)COCC1=O. The van der Waals surface area contributed by atoms with E-state index >= 15 is 0 Å². The number of ether oxygens (including phenoxy) is 1. The lowest BCUT2D eigenvalue weighted by molar-refractivity contribution is -0.159. The average Bonchev–Trinajstić information content (AvgIpc) is 2.34. The van der Waals surface area contributed by atoms with Gasteiger partial charge in [-0.1, -0.05) is 6.07 Å². The van der Waals surface area contributed by atoms with Gasteiger partial charge in [0.2, 0.25) is 0 Å². The van der Waals surface area contributed by atoms with Crippen LogP contribution in [0.25, 0.3) is 0 Å². The first-order chi connectivity index (χ1) is 8.22. The summed E-state index contributed by atoms with van der Waals surface area (Å²) in [6.45, 7) is 0.146. The van der Waals surface area contributed by atoms with E-state index in [1.54, 1.807) is 19.3 Å². The zero-order valence-electron chi connectivity index (χ0n) is 9.47. The van der Waals surface area contributed by atoms with Gasteiger partial charge in [0.25, 0.3) is 11.8 Å². The van der Waals surface area contributed by atoms with Gasteiger partial charge in [0.1, 0.15) is 19.0 Å². The van der Waals surface area contributed by atoms with E-state index in [2.05, 4.69) is 10.3 Å². The fraction of sp³-hybridized carbons (Fsp3) is 0.364. The molecule has 0 aliphatic carbocycles. The minimum absolute atomic E-state index is 0.0408. The number of imide groups is 1. The number of aromatic nitrogens is 1. The van der Waals surface area contributed by atoms with Gasteiger partial charge in [0.15, 0.2) is 0 Å². The number of nitrogens with one attached hydrogen (secondary N) is 1. The molecular formula is C11H13N3O3. The number of carbonyl (C=O) groups is 2. The number of amides is 2. The average molecular weight is 235 g/mol. The van der Waals surface area contributed by atoms with E-state index in [0.29, 0.717) is 5.82 Å². The Morgan fingerprint density at radius 2 is 2.12 bits per heavy atom. The predicted molar refractivity (Wildman–Crippen MR) is 60.2 cm³/mol. The van der Waals surface area contributed by atoms with Crippen molar-refractivity contribution in [1.29, 1.82) is 0 Å². The third-order valence-corrected chi connectivity index (χ3v) is 2.51. The zero-order chi connectivity index (χ0) is 12.3. The molecule has 1 aliphatic rings. The summed E-state index contributed by atoms with van der Waals surface area (Å²) in [5, 5.41) is 2.92. The molecule has 2 rings (SSSR count). The highest BCUT2D eigenvalue weighted by atomic mass is 16.5. The maximum absolute atomic E-state index is 11.5. The van der Waals surface area contributed by atoms with Crippen LogP contribution in [0.5, 0.6) is 0 Å². The van der Waals surface area contributed by atoms with Crippen molar-refractivity contribution in [2.75, 3.05) is 25.6 Å². The van der Waals surface area contributed by atoms with Crippen molar-refractivity contribution in [2.24, 2.45) is 0 Å². The third kappa shape index (κ3) is 2.42. The summed E-state index contributed by atoms with van der Waals surface area (Å²) in [7, 11) is 1.74. The fourth-order valence-electron chi connectivity index (χ4n) is 1.66. The first-order valence-corrected chi connectivity index (χ1v) is 5.25. The Morgan fingerprint density at radius 3 is 2.76 bits per heavy atom.